The van der Waals surface area contributed by atoms with Crippen LogP contribution in [0.3, 0.4) is 0 Å². The van der Waals surface area contributed by atoms with Gasteiger partial charge < -0.3 is 5.11 Å². The van der Waals surface area contributed by atoms with Crippen molar-refractivity contribution < 1.29 is 14.3 Å². The van der Waals surface area contributed by atoms with Crippen molar-refractivity contribution >= 4 is 21.9 Å². The maximum Gasteiger partial charge on any atom is 0.320 e. The molecule has 0 amide bonds. The van der Waals surface area contributed by atoms with E-state index in [4.69, 9.17) is 5.11 Å². The maximum atomic E-state index is 12.6. The molecule has 0 fully saturated rings. The zero-order valence-electron chi connectivity index (χ0n) is 5.68. The van der Waals surface area contributed by atoms with E-state index in [0.717, 1.165) is 0 Å². The third-order valence-electron chi connectivity index (χ3n) is 1.12. The number of carboxylic acids is 1. The van der Waals surface area contributed by atoms with Gasteiger partial charge in [-0.2, -0.15) is 0 Å². The van der Waals surface area contributed by atoms with E-state index in [1.54, 1.807) is 0 Å². The predicted molar refractivity (Wildman–Crippen MR) is 40.2 cm³/mol. The highest BCUT2D eigenvalue weighted by atomic mass is 79.9. The number of aliphatic carboxylic acids is 1. The van der Waals surface area contributed by atoms with E-state index in [1.165, 1.54) is 0 Å². The Morgan fingerprint density at radius 2 is 2.30 bits per heavy atom. The Hall–Kier alpha value is -0.120. The maximum absolute atomic E-state index is 12.6. The number of hydrogen-bond donors (Lipinski definition) is 1. The quantitative estimate of drug-likeness (QED) is 0.725. The Labute approximate surface area is 67.6 Å². The second-order valence-electron chi connectivity index (χ2n) is 2.04. The molecule has 0 heterocycles. The Balaban J connectivity index is 3.69. The van der Waals surface area contributed by atoms with E-state index in [9.17, 15) is 9.18 Å². The van der Waals surface area contributed by atoms with Crippen LogP contribution in [0.2, 0.25) is 0 Å². The summed E-state index contributed by atoms with van der Waals surface area (Å²) in [5, 5.41) is 8.29. The molecule has 4 heteroatoms. The van der Waals surface area contributed by atoms with E-state index < -0.39 is 17.0 Å². The molecule has 0 saturated carbocycles. The van der Waals surface area contributed by atoms with Gasteiger partial charge in [0, 0.05) is 0 Å². The van der Waals surface area contributed by atoms with Gasteiger partial charge in [-0.05, 0) is 6.42 Å². The first-order valence-corrected chi connectivity index (χ1v) is 4.02. The van der Waals surface area contributed by atoms with E-state index in [2.05, 4.69) is 15.9 Å². The average molecular weight is 213 g/mol. The van der Waals surface area contributed by atoms with Crippen molar-refractivity contribution in [2.75, 3.05) is 0 Å². The minimum absolute atomic E-state index is 0.294. The fourth-order valence-corrected chi connectivity index (χ4v) is 0.841. The molecule has 0 bridgehead atoms. The molecule has 2 unspecified atom stereocenters. The van der Waals surface area contributed by atoms with Crippen LogP contribution >= 0.6 is 15.9 Å². The van der Waals surface area contributed by atoms with E-state index in [0.29, 0.717) is 12.8 Å². The molecule has 0 radical (unpaired) electrons. The second kappa shape index (κ2) is 4.66. The summed E-state index contributed by atoms with van der Waals surface area (Å²) in [6, 6.07) is 0. The molecule has 0 aliphatic heterocycles. The summed E-state index contributed by atoms with van der Waals surface area (Å²) in [6.07, 6.45) is -0.318. The summed E-state index contributed by atoms with van der Waals surface area (Å²) in [7, 11) is 0. The normalized spacial score (nSPS) is 16.3. The number of carboxylic acid groups (broad SMARTS) is 1. The fraction of sp³-hybridized carbons (Fsp3) is 0.833. The van der Waals surface area contributed by atoms with Gasteiger partial charge in [-0.1, -0.05) is 29.3 Å². The minimum atomic E-state index is -1.28. The van der Waals surface area contributed by atoms with Crippen LogP contribution in [0.1, 0.15) is 19.8 Å². The molecule has 0 spiro atoms. The zero-order chi connectivity index (χ0) is 8.15. The molecule has 0 saturated heterocycles. The highest BCUT2D eigenvalue weighted by molar-refractivity contribution is 9.10. The Kier molecular flexibility index (Phi) is 4.60. The first-order chi connectivity index (χ1) is 4.59. The lowest BCUT2D eigenvalue weighted by Crippen LogP contribution is -2.24. The van der Waals surface area contributed by atoms with E-state index in [1.807, 2.05) is 6.92 Å². The molecule has 60 valence electrons. The van der Waals surface area contributed by atoms with Crippen molar-refractivity contribution in [3.05, 3.63) is 0 Å². The minimum Gasteiger partial charge on any atom is -0.480 e. The number of alkyl halides is 2. The molecule has 0 aliphatic carbocycles. The van der Waals surface area contributed by atoms with Crippen molar-refractivity contribution in [3.8, 4) is 0 Å². The summed E-state index contributed by atoms with van der Waals surface area (Å²) in [4.78, 5) is 9.08. The van der Waals surface area contributed by atoms with Gasteiger partial charge in [-0.25, -0.2) is 4.39 Å². The summed E-state index contributed by atoms with van der Waals surface area (Å²) in [5.41, 5.74) is 0. The van der Waals surface area contributed by atoms with Crippen LogP contribution in [0.5, 0.6) is 0 Å². The van der Waals surface area contributed by atoms with Crippen molar-refractivity contribution in [3.63, 3.8) is 0 Å². The molecular formula is C6H10BrFO2. The highest BCUT2D eigenvalue weighted by Gasteiger charge is 2.23. The van der Waals surface area contributed by atoms with Gasteiger partial charge in [-0.15, -0.1) is 0 Å². The topological polar surface area (TPSA) is 37.3 Å². The van der Waals surface area contributed by atoms with Crippen molar-refractivity contribution in [1.82, 2.24) is 0 Å². The van der Waals surface area contributed by atoms with Crippen LogP contribution in [0.25, 0.3) is 0 Å². The van der Waals surface area contributed by atoms with Crippen LogP contribution in [-0.4, -0.2) is 22.1 Å². The van der Waals surface area contributed by atoms with Crippen LogP contribution in [-0.2, 0) is 4.79 Å². The third-order valence-corrected chi connectivity index (χ3v) is 2.08. The average Bonchev–Trinajstić information content (AvgIpc) is 1.87. The summed E-state index contributed by atoms with van der Waals surface area (Å²) < 4.78 is 12.6. The molecular weight excluding hydrogens is 203 g/mol. The number of carbonyl (C=O) groups is 1. The smallest absolute Gasteiger partial charge is 0.320 e. The third kappa shape index (κ3) is 3.15. The monoisotopic (exact) mass is 212 g/mol. The summed E-state index contributed by atoms with van der Waals surface area (Å²) in [5.74, 6) is -1.14. The fourth-order valence-electron chi connectivity index (χ4n) is 0.577. The second-order valence-corrected chi connectivity index (χ2v) is 3.03. The van der Waals surface area contributed by atoms with Crippen molar-refractivity contribution in [2.24, 2.45) is 0 Å². The highest BCUT2D eigenvalue weighted by Crippen LogP contribution is 2.14. The lowest BCUT2D eigenvalue weighted by Gasteiger charge is -2.08. The molecule has 1 N–H and O–H groups in total. The van der Waals surface area contributed by atoms with Crippen molar-refractivity contribution in [2.45, 2.75) is 30.8 Å². The molecule has 10 heavy (non-hydrogen) atoms. The zero-order valence-corrected chi connectivity index (χ0v) is 7.27. The predicted octanol–water partition coefficient (Wildman–Crippen LogP) is 1.97. The molecule has 2 atom stereocenters. The lowest BCUT2D eigenvalue weighted by molar-refractivity contribution is -0.137. The molecule has 0 aromatic rings. The number of halogens is 2. The Bertz CT molecular complexity index is 118. The van der Waals surface area contributed by atoms with Crippen LogP contribution < -0.4 is 0 Å². The van der Waals surface area contributed by atoms with Gasteiger partial charge in [0.05, 0.1) is 0 Å². The molecule has 2 nitrogen and oxygen atoms in total. The molecule has 0 aromatic heterocycles. The molecule has 0 rings (SSSR count). The largest absolute Gasteiger partial charge is 0.480 e. The van der Waals surface area contributed by atoms with Gasteiger partial charge in [0.25, 0.3) is 0 Å². The number of hydrogen-bond acceptors (Lipinski definition) is 1. The van der Waals surface area contributed by atoms with Gasteiger partial charge in [0.15, 0.2) is 0 Å². The van der Waals surface area contributed by atoms with Gasteiger partial charge in [0.2, 0.25) is 0 Å². The van der Waals surface area contributed by atoms with Crippen LogP contribution in [0.15, 0.2) is 0 Å². The Morgan fingerprint density at radius 3 is 2.60 bits per heavy atom. The van der Waals surface area contributed by atoms with Gasteiger partial charge >= 0.3 is 5.97 Å². The van der Waals surface area contributed by atoms with E-state index >= 15 is 0 Å². The van der Waals surface area contributed by atoms with E-state index in [-0.39, 0.29) is 0 Å². The van der Waals surface area contributed by atoms with Gasteiger partial charge in [0.1, 0.15) is 11.0 Å². The van der Waals surface area contributed by atoms with Gasteiger partial charge in [-0.3, -0.25) is 4.79 Å². The summed E-state index contributed by atoms with van der Waals surface area (Å²) in [6.45, 7) is 1.81. The summed E-state index contributed by atoms with van der Waals surface area (Å²) >= 11 is 2.73. The SMILES string of the molecule is CCCC(F)C(Br)C(=O)O. The number of rotatable bonds is 4. The van der Waals surface area contributed by atoms with Crippen molar-refractivity contribution in [1.29, 1.82) is 0 Å². The van der Waals surface area contributed by atoms with Crippen LogP contribution in [0.4, 0.5) is 4.39 Å². The standard InChI is InChI=1S/C6H10BrFO2/c1-2-3-4(8)5(7)6(9)10/h4-5H,2-3H2,1H3,(H,9,10). The molecule has 0 aliphatic rings. The van der Waals surface area contributed by atoms with Crippen LogP contribution in [0, 0.1) is 0 Å². The molecule has 0 aromatic carbocycles. The first-order valence-electron chi connectivity index (χ1n) is 3.10. The lowest BCUT2D eigenvalue weighted by atomic mass is 10.2. The first kappa shape index (κ1) is 9.88. The Morgan fingerprint density at radius 1 is 1.80 bits per heavy atom.